The number of benzene rings is 1. The van der Waals surface area contributed by atoms with Crippen LogP contribution in [0.25, 0.3) is 0 Å². The molecule has 0 amide bonds. The first-order chi connectivity index (χ1) is 7.16. The molecule has 0 bridgehead atoms. The summed E-state index contributed by atoms with van der Waals surface area (Å²) >= 11 is 11.8. The van der Waals surface area contributed by atoms with Crippen molar-refractivity contribution < 1.29 is 4.79 Å². The molecule has 0 spiro atoms. The van der Waals surface area contributed by atoms with Gasteiger partial charge in [-0.2, -0.15) is 0 Å². The van der Waals surface area contributed by atoms with Gasteiger partial charge < -0.3 is 0 Å². The third-order valence-corrected chi connectivity index (χ3v) is 3.53. The molecule has 0 unspecified atom stereocenters. The van der Waals surface area contributed by atoms with Gasteiger partial charge >= 0.3 is 0 Å². The SMILES string of the molecule is O=C(Cc1ccc(Cl)cc1Cl)C1CCC1. The van der Waals surface area contributed by atoms with Gasteiger partial charge in [-0.15, -0.1) is 0 Å². The summed E-state index contributed by atoms with van der Waals surface area (Å²) in [5.74, 6) is 0.585. The lowest BCUT2D eigenvalue weighted by Gasteiger charge is -2.23. The van der Waals surface area contributed by atoms with Crippen LogP contribution in [0.3, 0.4) is 0 Å². The molecule has 1 aliphatic carbocycles. The number of Topliss-reactive ketones (excluding diaryl/α,β-unsaturated/α-hetero) is 1. The molecule has 0 N–H and O–H groups in total. The number of rotatable bonds is 3. The second-order valence-electron chi connectivity index (χ2n) is 4.01. The summed E-state index contributed by atoms with van der Waals surface area (Å²) in [4.78, 5) is 11.7. The second kappa shape index (κ2) is 4.54. The molecule has 1 aromatic rings. The van der Waals surface area contributed by atoms with Crippen LogP contribution in [0, 0.1) is 5.92 Å². The number of hydrogen-bond donors (Lipinski definition) is 0. The Kier molecular flexibility index (Phi) is 3.32. The van der Waals surface area contributed by atoms with E-state index in [0.717, 1.165) is 18.4 Å². The number of carbonyl (C=O) groups is 1. The summed E-state index contributed by atoms with van der Waals surface area (Å²) in [6.07, 6.45) is 3.72. The molecule has 0 aliphatic heterocycles. The van der Waals surface area contributed by atoms with Gasteiger partial charge in [0.2, 0.25) is 0 Å². The Labute approximate surface area is 99.4 Å². The molecule has 1 aliphatic rings. The molecule has 15 heavy (non-hydrogen) atoms. The normalized spacial score (nSPS) is 16.1. The van der Waals surface area contributed by atoms with Crippen LogP contribution in [0.15, 0.2) is 18.2 Å². The Morgan fingerprint density at radius 2 is 2.07 bits per heavy atom. The van der Waals surface area contributed by atoms with E-state index in [1.54, 1.807) is 12.1 Å². The van der Waals surface area contributed by atoms with E-state index in [4.69, 9.17) is 23.2 Å². The molecule has 0 heterocycles. The lowest BCUT2D eigenvalue weighted by molar-refractivity contribution is -0.124. The number of ketones is 1. The lowest BCUT2D eigenvalue weighted by Crippen LogP contribution is -2.23. The molecule has 1 aromatic carbocycles. The third-order valence-electron chi connectivity index (χ3n) is 2.94. The quantitative estimate of drug-likeness (QED) is 0.786. The van der Waals surface area contributed by atoms with Gasteiger partial charge in [0.25, 0.3) is 0 Å². The molecular weight excluding hydrogens is 231 g/mol. The van der Waals surface area contributed by atoms with Crippen molar-refractivity contribution in [3.05, 3.63) is 33.8 Å². The summed E-state index contributed by atoms with van der Waals surface area (Å²) in [5.41, 5.74) is 0.887. The van der Waals surface area contributed by atoms with Crippen molar-refractivity contribution in [3.63, 3.8) is 0 Å². The largest absolute Gasteiger partial charge is 0.299 e. The van der Waals surface area contributed by atoms with E-state index in [-0.39, 0.29) is 5.92 Å². The van der Waals surface area contributed by atoms with E-state index in [2.05, 4.69) is 0 Å². The fourth-order valence-corrected chi connectivity index (χ4v) is 2.20. The second-order valence-corrected chi connectivity index (χ2v) is 4.85. The Morgan fingerprint density at radius 3 is 2.60 bits per heavy atom. The molecule has 1 fully saturated rings. The summed E-state index contributed by atoms with van der Waals surface area (Å²) in [6, 6.07) is 5.30. The van der Waals surface area contributed by atoms with Gasteiger partial charge in [0.1, 0.15) is 5.78 Å². The molecule has 0 radical (unpaired) electrons. The van der Waals surface area contributed by atoms with Gasteiger partial charge in [0.15, 0.2) is 0 Å². The minimum Gasteiger partial charge on any atom is -0.299 e. The summed E-state index contributed by atoms with van der Waals surface area (Å²) < 4.78 is 0. The number of hydrogen-bond acceptors (Lipinski definition) is 1. The Balaban J connectivity index is 2.06. The molecule has 1 saturated carbocycles. The third kappa shape index (κ3) is 2.53. The first-order valence-electron chi connectivity index (χ1n) is 5.13. The predicted octanol–water partition coefficient (Wildman–Crippen LogP) is 3.91. The molecule has 0 aromatic heterocycles. The average Bonchev–Trinajstić information content (AvgIpc) is 2.07. The minimum absolute atomic E-state index is 0.275. The molecule has 0 saturated heterocycles. The van der Waals surface area contributed by atoms with Crippen molar-refractivity contribution in [2.24, 2.45) is 5.92 Å². The minimum atomic E-state index is 0.275. The van der Waals surface area contributed by atoms with E-state index >= 15 is 0 Å². The van der Waals surface area contributed by atoms with Crippen molar-refractivity contribution in [1.29, 1.82) is 0 Å². The monoisotopic (exact) mass is 242 g/mol. The highest BCUT2D eigenvalue weighted by atomic mass is 35.5. The Hall–Kier alpha value is -0.530. The summed E-state index contributed by atoms with van der Waals surface area (Å²) in [5, 5.41) is 1.20. The van der Waals surface area contributed by atoms with Crippen molar-refractivity contribution in [2.75, 3.05) is 0 Å². The van der Waals surface area contributed by atoms with Crippen LogP contribution in [0.1, 0.15) is 24.8 Å². The van der Waals surface area contributed by atoms with Crippen molar-refractivity contribution >= 4 is 29.0 Å². The van der Waals surface area contributed by atoms with E-state index in [1.807, 2.05) is 6.07 Å². The molecule has 3 heteroatoms. The fraction of sp³-hybridized carbons (Fsp3) is 0.417. The van der Waals surface area contributed by atoms with Gasteiger partial charge in [0, 0.05) is 22.4 Å². The van der Waals surface area contributed by atoms with E-state index in [1.165, 1.54) is 6.42 Å². The highest BCUT2D eigenvalue weighted by Crippen LogP contribution is 2.29. The van der Waals surface area contributed by atoms with Crippen molar-refractivity contribution in [1.82, 2.24) is 0 Å². The first kappa shape index (κ1) is 11.0. The standard InChI is InChI=1S/C12H12Cl2O/c13-10-5-4-9(11(14)7-10)6-12(15)8-2-1-3-8/h4-5,7-8H,1-3,6H2. The van der Waals surface area contributed by atoms with Crippen LogP contribution in [-0.2, 0) is 11.2 Å². The van der Waals surface area contributed by atoms with E-state index < -0.39 is 0 Å². The van der Waals surface area contributed by atoms with Crippen LogP contribution >= 0.6 is 23.2 Å². The van der Waals surface area contributed by atoms with Crippen LogP contribution in [0.2, 0.25) is 10.0 Å². The van der Waals surface area contributed by atoms with Gasteiger partial charge in [-0.25, -0.2) is 0 Å². The Morgan fingerprint density at radius 1 is 1.33 bits per heavy atom. The number of halogens is 2. The topological polar surface area (TPSA) is 17.1 Å². The average molecular weight is 243 g/mol. The maximum absolute atomic E-state index is 11.7. The van der Waals surface area contributed by atoms with Gasteiger partial charge in [-0.3, -0.25) is 4.79 Å². The zero-order chi connectivity index (χ0) is 10.8. The Bertz CT molecular complexity index is 383. The summed E-state index contributed by atoms with van der Waals surface area (Å²) in [6.45, 7) is 0. The zero-order valence-corrected chi connectivity index (χ0v) is 9.81. The highest BCUT2D eigenvalue weighted by Gasteiger charge is 2.25. The van der Waals surface area contributed by atoms with Crippen LogP contribution in [0.4, 0.5) is 0 Å². The van der Waals surface area contributed by atoms with Crippen molar-refractivity contribution in [2.45, 2.75) is 25.7 Å². The molecule has 80 valence electrons. The maximum Gasteiger partial charge on any atom is 0.140 e. The smallest absolute Gasteiger partial charge is 0.140 e. The van der Waals surface area contributed by atoms with Crippen LogP contribution < -0.4 is 0 Å². The van der Waals surface area contributed by atoms with Gasteiger partial charge in [0.05, 0.1) is 0 Å². The first-order valence-corrected chi connectivity index (χ1v) is 5.89. The van der Waals surface area contributed by atoms with Crippen LogP contribution in [-0.4, -0.2) is 5.78 Å². The van der Waals surface area contributed by atoms with Gasteiger partial charge in [-0.05, 0) is 30.5 Å². The van der Waals surface area contributed by atoms with E-state index in [0.29, 0.717) is 22.2 Å². The number of carbonyl (C=O) groups excluding carboxylic acids is 1. The molecule has 1 nitrogen and oxygen atoms in total. The maximum atomic E-state index is 11.7. The highest BCUT2D eigenvalue weighted by molar-refractivity contribution is 6.35. The predicted molar refractivity (Wildman–Crippen MR) is 62.5 cm³/mol. The molecule has 2 rings (SSSR count). The van der Waals surface area contributed by atoms with Gasteiger partial charge in [-0.1, -0.05) is 35.7 Å². The van der Waals surface area contributed by atoms with E-state index in [9.17, 15) is 4.79 Å². The van der Waals surface area contributed by atoms with Crippen molar-refractivity contribution in [3.8, 4) is 0 Å². The zero-order valence-electron chi connectivity index (χ0n) is 8.30. The molecule has 0 atom stereocenters. The molecular formula is C12H12Cl2O. The fourth-order valence-electron chi connectivity index (χ4n) is 1.73. The summed E-state index contributed by atoms with van der Waals surface area (Å²) in [7, 11) is 0. The lowest BCUT2D eigenvalue weighted by atomic mass is 9.80. The van der Waals surface area contributed by atoms with Crippen LogP contribution in [0.5, 0.6) is 0 Å².